The molecule has 2 aliphatic rings. The third-order valence-electron chi connectivity index (χ3n) is 11.7. The molecule has 0 saturated carbocycles. The normalized spacial score (nSPS) is 19.5. The van der Waals surface area contributed by atoms with Crippen LogP contribution in [0.1, 0.15) is 141 Å². The Hall–Kier alpha value is -2.78. The van der Waals surface area contributed by atoms with Crippen molar-refractivity contribution in [2.45, 2.75) is 147 Å². The summed E-state index contributed by atoms with van der Waals surface area (Å²) in [6, 6.07) is 22.6. The van der Waals surface area contributed by atoms with Crippen LogP contribution in [0.25, 0.3) is 0 Å². The fourth-order valence-corrected chi connectivity index (χ4v) is 8.64. The Bertz CT molecular complexity index is 1640. The van der Waals surface area contributed by atoms with Gasteiger partial charge in [-0.3, -0.25) is 9.36 Å². The average molecular weight is 810 g/mol. The molecule has 291 valence electrons. The fourth-order valence-electron chi connectivity index (χ4n) is 8.64. The number of nitrogens with zero attached hydrogens (tertiary/aromatic N) is 6. The Labute approximate surface area is 351 Å². The van der Waals surface area contributed by atoms with E-state index in [1.165, 1.54) is 16.2 Å². The number of amides is 1. The molecule has 2 aliphatic heterocycles. The molecule has 2 aromatic heterocycles. The summed E-state index contributed by atoms with van der Waals surface area (Å²) in [6.07, 6.45) is 23.0. The molecule has 8 nitrogen and oxygen atoms in total. The number of hydrogen-bond donors (Lipinski definition) is 0. The van der Waals surface area contributed by atoms with Crippen LogP contribution in [-0.4, -0.2) is 53.7 Å². The topological polar surface area (TPSA) is 73.2 Å². The van der Waals surface area contributed by atoms with Crippen LogP contribution < -0.4 is 4.57 Å². The van der Waals surface area contributed by atoms with E-state index in [0.29, 0.717) is 30.2 Å². The monoisotopic (exact) mass is 809 g/mol. The smallest absolute Gasteiger partial charge is 0.222 e. The second-order valence-corrected chi connectivity index (χ2v) is 16.6. The molecule has 54 heavy (non-hydrogen) atoms. The molecule has 0 N–H and O–H groups in total. The quantitative estimate of drug-likeness (QED) is 0.0886. The maximum absolute atomic E-state index is 13.3. The van der Waals surface area contributed by atoms with Gasteiger partial charge in [0.1, 0.15) is 6.33 Å². The predicted molar refractivity (Wildman–Crippen MR) is 215 cm³/mol. The van der Waals surface area contributed by atoms with Crippen LogP contribution in [0.15, 0.2) is 98.1 Å². The molecule has 2 fully saturated rings. The molecule has 2 saturated heterocycles. The number of carbonyl (C=O) groups excluding carboxylic acids is 1. The minimum atomic E-state index is -0.207. The Balaban J connectivity index is 0.000000466. The van der Waals surface area contributed by atoms with Gasteiger partial charge in [-0.05, 0) is 66.3 Å². The zero-order valence-corrected chi connectivity index (χ0v) is 36.8. The van der Waals surface area contributed by atoms with Crippen LogP contribution in [0, 0.1) is 18.2 Å². The van der Waals surface area contributed by atoms with Crippen molar-refractivity contribution in [1.29, 1.82) is 0 Å². The van der Waals surface area contributed by atoms with Crippen LogP contribution >= 0.6 is 0 Å². The first kappa shape index (κ1) is 43.9. The van der Waals surface area contributed by atoms with Crippen molar-refractivity contribution in [3.05, 3.63) is 127 Å². The van der Waals surface area contributed by atoms with Gasteiger partial charge in [-0.25, -0.2) is 4.98 Å². The number of hydroxylamine groups is 2. The van der Waals surface area contributed by atoms with Gasteiger partial charge in [0.25, 0.3) is 0 Å². The SMILES string of the molecule is CC1(C)C[CH-]CC(C)(C)N1[O-].C[CH-][n+]1ccn(C(CC(CC(CC(C)c2ccccc2)c2ccccc2)N2CCCC2=O)CC(CC)n2ccnc2)c1.[Y]. The van der Waals surface area contributed by atoms with Gasteiger partial charge in [0.15, 0.2) is 0 Å². The van der Waals surface area contributed by atoms with Gasteiger partial charge in [-0.2, -0.15) is 12.8 Å². The van der Waals surface area contributed by atoms with Gasteiger partial charge < -0.3 is 30.7 Å². The number of carbonyl (C=O) groups is 1. The summed E-state index contributed by atoms with van der Waals surface area (Å²) in [6.45, 7) is 17.6. The average Bonchev–Trinajstić information content (AvgIpc) is 3.96. The summed E-state index contributed by atoms with van der Waals surface area (Å²) in [5.74, 6) is 1.10. The maximum Gasteiger partial charge on any atom is 0.222 e. The molecular weight excluding hydrogens is 745 g/mol. The van der Waals surface area contributed by atoms with E-state index in [2.05, 4.69) is 143 Å². The van der Waals surface area contributed by atoms with E-state index in [0.717, 1.165) is 57.9 Å². The summed E-state index contributed by atoms with van der Waals surface area (Å²) in [5.41, 5.74) is 2.34. The van der Waals surface area contributed by atoms with Gasteiger partial charge in [0.05, 0.1) is 18.6 Å². The first-order valence-electron chi connectivity index (χ1n) is 20.0. The second kappa shape index (κ2) is 20.4. The van der Waals surface area contributed by atoms with Crippen molar-refractivity contribution in [2.75, 3.05) is 6.54 Å². The Morgan fingerprint density at radius 3 is 2.02 bits per heavy atom. The van der Waals surface area contributed by atoms with E-state index in [4.69, 9.17) is 0 Å². The van der Waals surface area contributed by atoms with Crippen LogP contribution in [0.5, 0.6) is 0 Å². The number of imidazole rings is 2. The molecule has 0 aliphatic carbocycles. The van der Waals surface area contributed by atoms with E-state index in [1.54, 1.807) is 0 Å². The van der Waals surface area contributed by atoms with Gasteiger partial charge in [0, 0.05) is 89.2 Å². The van der Waals surface area contributed by atoms with E-state index < -0.39 is 0 Å². The maximum atomic E-state index is 13.3. The molecule has 5 atom stereocenters. The molecule has 2 aromatic carbocycles. The molecule has 9 heteroatoms. The molecule has 5 unspecified atom stereocenters. The van der Waals surface area contributed by atoms with Crippen molar-refractivity contribution >= 4 is 5.91 Å². The zero-order chi connectivity index (χ0) is 38.0. The van der Waals surface area contributed by atoms with Gasteiger partial charge in [0.2, 0.25) is 5.91 Å². The molecule has 0 bridgehead atoms. The summed E-state index contributed by atoms with van der Waals surface area (Å²) < 4.78 is 6.74. The largest absolute Gasteiger partial charge is 0.785 e. The molecule has 0 spiro atoms. The fraction of sp³-hybridized carbons (Fsp3) is 0.533. The summed E-state index contributed by atoms with van der Waals surface area (Å²) in [4.78, 5) is 19.9. The zero-order valence-electron chi connectivity index (χ0n) is 33.9. The molecule has 4 heterocycles. The van der Waals surface area contributed by atoms with Crippen LogP contribution in [0.3, 0.4) is 0 Å². The van der Waals surface area contributed by atoms with Crippen LogP contribution in [0.4, 0.5) is 0 Å². The molecule has 6 rings (SSSR count). The number of hydrogen-bond acceptors (Lipinski definition) is 4. The summed E-state index contributed by atoms with van der Waals surface area (Å²) in [7, 11) is 0. The van der Waals surface area contributed by atoms with Crippen molar-refractivity contribution in [2.24, 2.45) is 0 Å². The summed E-state index contributed by atoms with van der Waals surface area (Å²) >= 11 is 0. The third-order valence-corrected chi connectivity index (χ3v) is 11.7. The third kappa shape index (κ3) is 11.6. The van der Waals surface area contributed by atoms with Crippen LogP contribution in [0.2, 0.25) is 0 Å². The van der Waals surface area contributed by atoms with E-state index >= 15 is 0 Å². The molecular formula is C45H64N6O2Y-2. The van der Waals surface area contributed by atoms with Crippen molar-refractivity contribution in [1.82, 2.24) is 24.1 Å². The van der Waals surface area contributed by atoms with Gasteiger partial charge in [-0.15, -0.1) is 0 Å². The first-order chi connectivity index (χ1) is 25.4. The Morgan fingerprint density at radius 1 is 0.870 bits per heavy atom. The number of aromatic nitrogens is 4. The Morgan fingerprint density at radius 2 is 1.50 bits per heavy atom. The van der Waals surface area contributed by atoms with Crippen molar-refractivity contribution in [3.8, 4) is 0 Å². The second-order valence-electron chi connectivity index (χ2n) is 16.6. The van der Waals surface area contributed by atoms with E-state index in [1.807, 2.05) is 40.2 Å². The van der Waals surface area contributed by atoms with Crippen molar-refractivity contribution < 1.29 is 42.1 Å². The predicted octanol–water partition coefficient (Wildman–Crippen LogP) is 9.67. The molecule has 4 aromatic rings. The van der Waals surface area contributed by atoms with Crippen LogP contribution in [-0.2, 0) is 37.5 Å². The number of piperidine rings is 1. The Kier molecular flexibility index (Phi) is 16.6. The standard InChI is InChI=1S/C36H47N5O.C9H17NO.Y/c1-4-33(39-20-18-37-27-39)25-34(40-22-21-38(5-2)28-40)26-35(41-19-12-17-36(41)42)24-32(31-15-10-7-11-16-31)23-29(3)30-13-8-6-9-14-30;1-8(2)6-5-7-9(3,4)10(8)11;/h5-11,13-16,18,20-22,27-29,32-35H,4,12,17,19,23-26H2,1-3H3;5H,6-7H2,1-4H3;/q;-2;. The van der Waals surface area contributed by atoms with Crippen molar-refractivity contribution in [3.63, 3.8) is 0 Å². The van der Waals surface area contributed by atoms with E-state index in [-0.39, 0.29) is 55.9 Å². The summed E-state index contributed by atoms with van der Waals surface area (Å²) in [5, 5.41) is 12.9. The minimum absolute atomic E-state index is 0. The number of likely N-dealkylation sites (tertiary alicyclic amines) is 1. The molecule has 1 radical (unpaired) electrons. The van der Waals surface area contributed by atoms with Gasteiger partial charge in [-0.1, -0.05) is 109 Å². The van der Waals surface area contributed by atoms with Gasteiger partial charge >= 0.3 is 0 Å². The minimum Gasteiger partial charge on any atom is -0.785 e. The number of rotatable bonds is 15. The first-order valence-corrected chi connectivity index (χ1v) is 20.0. The van der Waals surface area contributed by atoms with E-state index in [9.17, 15) is 10.0 Å². The molecule has 1 amide bonds. The number of benzene rings is 2.